The second kappa shape index (κ2) is 4.97. The van der Waals surface area contributed by atoms with Crippen LogP contribution in [0.2, 0.25) is 0 Å². The molecule has 14 heavy (non-hydrogen) atoms. The van der Waals surface area contributed by atoms with Gasteiger partial charge in [-0.3, -0.25) is 4.68 Å². The number of alkyl halides is 1. The second-order valence-corrected chi connectivity index (χ2v) is 2.93. The van der Waals surface area contributed by atoms with Crippen molar-refractivity contribution in [3.8, 4) is 0 Å². The van der Waals surface area contributed by atoms with Gasteiger partial charge in [0.15, 0.2) is 5.69 Å². The van der Waals surface area contributed by atoms with Gasteiger partial charge in [-0.2, -0.15) is 5.10 Å². The molecule has 0 aliphatic carbocycles. The largest absolute Gasteiger partial charge is 0.464 e. The topological polar surface area (TPSA) is 70.1 Å². The predicted octanol–water partition coefficient (Wildman–Crippen LogP) is 0.367. The summed E-state index contributed by atoms with van der Waals surface area (Å²) in [5.74, 6) is -0.170. The molecule has 1 aromatic heterocycles. The summed E-state index contributed by atoms with van der Waals surface area (Å²) in [4.78, 5) is 11.1. The van der Waals surface area contributed by atoms with Crippen molar-refractivity contribution in [1.82, 2.24) is 9.78 Å². The van der Waals surface area contributed by atoms with Crippen molar-refractivity contribution in [2.75, 3.05) is 13.7 Å². The van der Waals surface area contributed by atoms with Gasteiger partial charge in [-0.1, -0.05) is 0 Å². The van der Waals surface area contributed by atoms with Gasteiger partial charge in [0.2, 0.25) is 0 Å². The predicted molar refractivity (Wildman–Crippen MR) is 52.2 cm³/mol. The lowest BCUT2D eigenvalue weighted by molar-refractivity contribution is 0.0593. The van der Waals surface area contributed by atoms with E-state index >= 15 is 0 Å². The van der Waals surface area contributed by atoms with Gasteiger partial charge >= 0.3 is 5.97 Å². The number of carbonyl (C=O) groups is 1. The number of nitrogens with two attached hydrogens (primary N) is 1. The Kier molecular flexibility index (Phi) is 3.91. The first kappa shape index (κ1) is 11.0. The Morgan fingerprint density at radius 3 is 3.00 bits per heavy atom. The lowest BCUT2D eigenvalue weighted by atomic mass is 10.4. The van der Waals surface area contributed by atoms with E-state index in [9.17, 15) is 4.79 Å². The van der Waals surface area contributed by atoms with E-state index in [1.807, 2.05) is 0 Å². The Bertz CT molecular complexity index is 324. The van der Waals surface area contributed by atoms with Gasteiger partial charge in [0.1, 0.15) is 0 Å². The quantitative estimate of drug-likeness (QED) is 0.584. The molecule has 0 fully saturated rings. The molecule has 0 unspecified atom stereocenters. The first-order chi connectivity index (χ1) is 6.72. The molecular weight excluding hydrogens is 206 g/mol. The number of carbonyl (C=O) groups excluding carboxylic acids is 1. The number of hydrogen-bond donors (Lipinski definition) is 1. The molecule has 0 aliphatic rings. The van der Waals surface area contributed by atoms with Crippen LogP contribution < -0.4 is 5.73 Å². The lowest BCUT2D eigenvalue weighted by Crippen LogP contribution is -2.13. The number of ether oxygens (including phenoxy) is 1. The van der Waals surface area contributed by atoms with Crippen LogP contribution in [0.15, 0.2) is 6.07 Å². The van der Waals surface area contributed by atoms with Gasteiger partial charge in [0.25, 0.3) is 0 Å². The number of hydrogen-bond acceptors (Lipinski definition) is 4. The lowest BCUT2D eigenvalue weighted by Gasteiger charge is -2.01. The Morgan fingerprint density at radius 1 is 1.79 bits per heavy atom. The number of nitrogens with zero attached hydrogens (tertiary/aromatic N) is 2. The fourth-order valence-corrected chi connectivity index (χ4v) is 1.30. The monoisotopic (exact) mass is 217 g/mol. The highest BCUT2D eigenvalue weighted by Gasteiger charge is 2.13. The minimum Gasteiger partial charge on any atom is -0.464 e. The van der Waals surface area contributed by atoms with Crippen LogP contribution >= 0.6 is 11.6 Å². The summed E-state index contributed by atoms with van der Waals surface area (Å²) in [6.45, 7) is 0.991. The molecule has 0 saturated carbocycles. The number of halogens is 1. The standard InChI is InChI=1S/C8H12ClN3O2/c1-14-8(13)7-4-6(5-9)12(11-7)3-2-10/h4H,2-3,5,10H2,1H3. The molecule has 0 saturated heterocycles. The highest BCUT2D eigenvalue weighted by molar-refractivity contribution is 6.17. The van der Waals surface area contributed by atoms with Gasteiger partial charge in [0, 0.05) is 6.54 Å². The smallest absolute Gasteiger partial charge is 0.358 e. The highest BCUT2D eigenvalue weighted by atomic mass is 35.5. The third-order valence-electron chi connectivity index (χ3n) is 1.74. The molecular formula is C8H12ClN3O2. The van der Waals surface area contributed by atoms with Crippen molar-refractivity contribution in [3.05, 3.63) is 17.5 Å². The molecule has 1 heterocycles. The van der Waals surface area contributed by atoms with Crippen LogP contribution in [0, 0.1) is 0 Å². The molecule has 0 amide bonds. The van der Waals surface area contributed by atoms with Gasteiger partial charge in [-0.05, 0) is 6.07 Å². The molecule has 0 atom stereocenters. The summed E-state index contributed by atoms with van der Waals surface area (Å²) in [7, 11) is 1.31. The number of aromatic nitrogens is 2. The van der Waals surface area contributed by atoms with Gasteiger partial charge in [-0.15, -0.1) is 11.6 Å². The molecule has 5 nitrogen and oxygen atoms in total. The molecule has 1 rings (SSSR count). The third kappa shape index (κ3) is 2.24. The Labute approximate surface area is 86.8 Å². The Morgan fingerprint density at radius 2 is 2.50 bits per heavy atom. The van der Waals surface area contributed by atoms with E-state index in [1.165, 1.54) is 7.11 Å². The molecule has 0 bridgehead atoms. The summed E-state index contributed by atoms with van der Waals surface area (Å²) >= 11 is 5.68. The maximum Gasteiger partial charge on any atom is 0.358 e. The molecule has 78 valence electrons. The number of esters is 1. The van der Waals surface area contributed by atoms with Gasteiger partial charge < -0.3 is 10.5 Å². The second-order valence-electron chi connectivity index (χ2n) is 2.66. The van der Waals surface area contributed by atoms with Crippen LogP contribution in [0.1, 0.15) is 16.2 Å². The van der Waals surface area contributed by atoms with Crippen LogP contribution in [-0.2, 0) is 17.2 Å². The van der Waals surface area contributed by atoms with E-state index in [4.69, 9.17) is 17.3 Å². The van der Waals surface area contributed by atoms with Gasteiger partial charge in [0.05, 0.1) is 25.2 Å². The summed E-state index contributed by atoms with van der Waals surface area (Å²) in [6.07, 6.45) is 0. The maximum absolute atomic E-state index is 11.1. The molecule has 0 aliphatic heterocycles. The van der Waals surface area contributed by atoms with E-state index in [-0.39, 0.29) is 5.69 Å². The van der Waals surface area contributed by atoms with E-state index in [2.05, 4.69) is 9.84 Å². The number of rotatable bonds is 4. The first-order valence-electron chi connectivity index (χ1n) is 4.14. The Balaban J connectivity index is 2.94. The van der Waals surface area contributed by atoms with Crippen molar-refractivity contribution < 1.29 is 9.53 Å². The minimum atomic E-state index is -0.466. The summed E-state index contributed by atoms with van der Waals surface area (Å²) in [5.41, 5.74) is 6.40. The van der Waals surface area contributed by atoms with Crippen molar-refractivity contribution in [1.29, 1.82) is 0 Å². The summed E-state index contributed by atoms with van der Waals surface area (Å²) < 4.78 is 6.15. The Hall–Kier alpha value is -1.07. The van der Waals surface area contributed by atoms with E-state index in [0.717, 1.165) is 5.69 Å². The third-order valence-corrected chi connectivity index (χ3v) is 2.01. The average molecular weight is 218 g/mol. The van der Waals surface area contributed by atoms with Crippen LogP contribution in [0.25, 0.3) is 0 Å². The molecule has 2 N–H and O–H groups in total. The normalized spacial score (nSPS) is 10.2. The van der Waals surface area contributed by atoms with E-state index in [1.54, 1.807) is 10.7 Å². The number of methoxy groups -OCH3 is 1. The first-order valence-corrected chi connectivity index (χ1v) is 4.67. The van der Waals surface area contributed by atoms with Crippen molar-refractivity contribution in [3.63, 3.8) is 0 Å². The zero-order chi connectivity index (χ0) is 10.6. The molecule has 6 heteroatoms. The summed E-state index contributed by atoms with van der Waals surface area (Å²) in [6, 6.07) is 1.61. The molecule has 0 radical (unpaired) electrons. The van der Waals surface area contributed by atoms with Gasteiger partial charge in [-0.25, -0.2) is 4.79 Å². The van der Waals surface area contributed by atoms with Crippen LogP contribution in [0.3, 0.4) is 0 Å². The SMILES string of the molecule is COC(=O)c1cc(CCl)n(CCN)n1. The fourth-order valence-electron chi connectivity index (χ4n) is 1.08. The van der Waals surface area contributed by atoms with Crippen LogP contribution in [-0.4, -0.2) is 29.4 Å². The van der Waals surface area contributed by atoms with Crippen LogP contribution in [0.5, 0.6) is 0 Å². The molecule has 0 aromatic carbocycles. The van der Waals surface area contributed by atoms with E-state index < -0.39 is 5.97 Å². The van der Waals surface area contributed by atoms with E-state index in [0.29, 0.717) is 19.0 Å². The zero-order valence-corrected chi connectivity index (χ0v) is 8.62. The zero-order valence-electron chi connectivity index (χ0n) is 7.86. The minimum absolute atomic E-state index is 0.261. The molecule has 0 spiro atoms. The van der Waals surface area contributed by atoms with Crippen molar-refractivity contribution in [2.45, 2.75) is 12.4 Å². The van der Waals surface area contributed by atoms with Crippen molar-refractivity contribution in [2.24, 2.45) is 5.73 Å². The summed E-state index contributed by atoms with van der Waals surface area (Å²) in [5, 5.41) is 4.02. The highest BCUT2D eigenvalue weighted by Crippen LogP contribution is 2.08. The van der Waals surface area contributed by atoms with Crippen molar-refractivity contribution >= 4 is 17.6 Å². The maximum atomic E-state index is 11.1. The van der Waals surface area contributed by atoms with Crippen LogP contribution in [0.4, 0.5) is 0 Å². The fraction of sp³-hybridized carbons (Fsp3) is 0.500. The molecule has 1 aromatic rings. The average Bonchev–Trinajstić information content (AvgIpc) is 2.60.